The fourth-order valence-corrected chi connectivity index (χ4v) is 1.01. The Morgan fingerprint density at radius 1 is 1.67 bits per heavy atom. The summed E-state index contributed by atoms with van der Waals surface area (Å²) < 4.78 is 5.01. The third-order valence-electron chi connectivity index (χ3n) is 1.51. The van der Waals surface area contributed by atoms with Gasteiger partial charge in [-0.15, -0.1) is 0 Å². The van der Waals surface area contributed by atoms with Gasteiger partial charge in [-0.3, -0.25) is 0 Å². The van der Waals surface area contributed by atoms with Crippen LogP contribution in [-0.2, 0) is 4.74 Å². The Bertz CT molecular complexity index is 112. The Hall–Kier alpha value is -0.340. The Balaban J connectivity index is 2.51. The van der Waals surface area contributed by atoms with Crippen molar-refractivity contribution in [1.29, 1.82) is 0 Å². The zero-order valence-corrected chi connectivity index (χ0v) is 5.63. The predicted octanol–water partition coefficient (Wildman–Crippen LogP) is 0.714. The van der Waals surface area contributed by atoms with Crippen LogP contribution in [-0.4, -0.2) is 23.9 Å². The molecule has 1 N–H and O–H groups in total. The first-order valence-electron chi connectivity index (χ1n) is 3.21. The molecule has 9 heavy (non-hydrogen) atoms. The van der Waals surface area contributed by atoms with Gasteiger partial charge in [0.15, 0.2) is 0 Å². The predicted molar refractivity (Wildman–Crippen MR) is 35.2 cm³/mol. The molecule has 1 atom stereocenters. The molecule has 0 aromatic heterocycles. The number of hydrogen-bond donors (Lipinski definition) is 1. The number of rotatable bonds is 1. The second-order valence-electron chi connectivity index (χ2n) is 2.41. The summed E-state index contributed by atoms with van der Waals surface area (Å²) in [6.07, 6.45) is 4.38. The van der Waals surface area contributed by atoms with E-state index in [0.29, 0.717) is 13.2 Å². The standard InChI is InChI=1S/C7H12O2/c1-2-3-7(8)4-5-9-6-7/h2-3,8H,4-6H2,1H3/b3-2+. The van der Waals surface area contributed by atoms with Gasteiger partial charge in [-0.05, 0) is 6.92 Å². The van der Waals surface area contributed by atoms with E-state index < -0.39 is 5.60 Å². The molecule has 0 amide bonds. The van der Waals surface area contributed by atoms with Crippen molar-refractivity contribution >= 4 is 0 Å². The van der Waals surface area contributed by atoms with Crippen molar-refractivity contribution in [1.82, 2.24) is 0 Å². The molecular weight excluding hydrogens is 116 g/mol. The maximum Gasteiger partial charge on any atom is 0.108 e. The third kappa shape index (κ3) is 1.53. The molecule has 1 aliphatic rings. The Labute approximate surface area is 55.1 Å². The molecule has 1 unspecified atom stereocenters. The molecule has 1 fully saturated rings. The summed E-state index contributed by atoms with van der Waals surface area (Å²) in [6, 6.07) is 0. The largest absolute Gasteiger partial charge is 0.383 e. The topological polar surface area (TPSA) is 29.5 Å². The molecule has 1 saturated heterocycles. The van der Waals surface area contributed by atoms with Crippen molar-refractivity contribution in [2.75, 3.05) is 13.2 Å². The molecule has 52 valence electrons. The van der Waals surface area contributed by atoms with Crippen LogP contribution >= 0.6 is 0 Å². The van der Waals surface area contributed by atoms with E-state index in [1.165, 1.54) is 0 Å². The highest BCUT2D eigenvalue weighted by Gasteiger charge is 2.28. The van der Waals surface area contributed by atoms with Crippen LogP contribution < -0.4 is 0 Å². The smallest absolute Gasteiger partial charge is 0.108 e. The van der Waals surface area contributed by atoms with Gasteiger partial charge in [0.1, 0.15) is 5.60 Å². The third-order valence-corrected chi connectivity index (χ3v) is 1.51. The zero-order chi connectivity index (χ0) is 6.74. The first-order valence-corrected chi connectivity index (χ1v) is 3.21. The van der Waals surface area contributed by atoms with Gasteiger partial charge >= 0.3 is 0 Å². The van der Waals surface area contributed by atoms with E-state index >= 15 is 0 Å². The summed E-state index contributed by atoms with van der Waals surface area (Å²) >= 11 is 0. The van der Waals surface area contributed by atoms with E-state index in [2.05, 4.69) is 0 Å². The Morgan fingerprint density at radius 3 is 2.89 bits per heavy atom. The fraction of sp³-hybridized carbons (Fsp3) is 0.714. The second-order valence-corrected chi connectivity index (χ2v) is 2.41. The van der Waals surface area contributed by atoms with E-state index in [1.54, 1.807) is 6.08 Å². The normalized spacial score (nSPS) is 36.2. The summed E-state index contributed by atoms with van der Waals surface area (Å²) in [5, 5.41) is 9.48. The average molecular weight is 128 g/mol. The molecule has 0 aromatic rings. The lowest BCUT2D eigenvalue weighted by Crippen LogP contribution is -2.25. The molecule has 0 radical (unpaired) electrons. The molecule has 2 heteroatoms. The van der Waals surface area contributed by atoms with Crippen LogP contribution in [0.5, 0.6) is 0 Å². The van der Waals surface area contributed by atoms with Gasteiger partial charge in [0.2, 0.25) is 0 Å². The van der Waals surface area contributed by atoms with E-state index in [0.717, 1.165) is 6.42 Å². The summed E-state index contributed by atoms with van der Waals surface area (Å²) in [7, 11) is 0. The van der Waals surface area contributed by atoms with Crippen LogP contribution in [0.15, 0.2) is 12.2 Å². The number of aliphatic hydroxyl groups is 1. The van der Waals surface area contributed by atoms with Crippen LogP contribution in [0.4, 0.5) is 0 Å². The van der Waals surface area contributed by atoms with Crippen molar-refractivity contribution in [3.8, 4) is 0 Å². The quantitative estimate of drug-likeness (QED) is 0.527. The van der Waals surface area contributed by atoms with Crippen LogP contribution in [0.1, 0.15) is 13.3 Å². The minimum absolute atomic E-state index is 0.456. The van der Waals surface area contributed by atoms with Crippen molar-refractivity contribution in [3.05, 3.63) is 12.2 Å². The van der Waals surface area contributed by atoms with Crippen molar-refractivity contribution in [2.45, 2.75) is 18.9 Å². The van der Waals surface area contributed by atoms with Crippen LogP contribution in [0.2, 0.25) is 0 Å². The number of hydrogen-bond acceptors (Lipinski definition) is 2. The van der Waals surface area contributed by atoms with Crippen LogP contribution in [0.25, 0.3) is 0 Å². The average Bonchev–Trinajstić information content (AvgIpc) is 2.16. The highest BCUT2D eigenvalue weighted by Crippen LogP contribution is 2.18. The SMILES string of the molecule is C/C=C/C1(O)CCOC1. The first-order chi connectivity index (χ1) is 4.27. The van der Waals surface area contributed by atoms with E-state index in [1.807, 2.05) is 13.0 Å². The number of allylic oxidation sites excluding steroid dienone is 1. The molecule has 0 aromatic carbocycles. The van der Waals surface area contributed by atoms with Gasteiger partial charge < -0.3 is 9.84 Å². The summed E-state index contributed by atoms with van der Waals surface area (Å²) in [5.41, 5.74) is -0.658. The molecule has 0 saturated carbocycles. The first kappa shape index (κ1) is 6.78. The van der Waals surface area contributed by atoms with Crippen molar-refractivity contribution in [2.24, 2.45) is 0 Å². The van der Waals surface area contributed by atoms with Gasteiger partial charge in [0, 0.05) is 13.0 Å². The highest BCUT2D eigenvalue weighted by molar-refractivity contribution is 5.01. The minimum atomic E-state index is -0.658. The van der Waals surface area contributed by atoms with Gasteiger partial charge in [-0.2, -0.15) is 0 Å². The van der Waals surface area contributed by atoms with Gasteiger partial charge in [0.25, 0.3) is 0 Å². The maximum atomic E-state index is 9.48. The van der Waals surface area contributed by atoms with Crippen molar-refractivity contribution < 1.29 is 9.84 Å². The molecule has 0 aliphatic carbocycles. The lowest BCUT2D eigenvalue weighted by Gasteiger charge is -2.13. The van der Waals surface area contributed by atoms with Gasteiger partial charge in [-0.25, -0.2) is 0 Å². The molecule has 1 rings (SSSR count). The van der Waals surface area contributed by atoms with Crippen molar-refractivity contribution in [3.63, 3.8) is 0 Å². The number of ether oxygens (including phenoxy) is 1. The molecule has 2 nitrogen and oxygen atoms in total. The second kappa shape index (κ2) is 2.50. The highest BCUT2D eigenvalue weighted by atomic mass is 16.5. The van der Waals surface area contributed by atoms with Crippen LogP contribution in [0, 0.1) is 0 Å². The Morgan fingerprint density at radius 2 is 2.44 bits per heavy atom. The van der Waals surface area contributed by atoms with Gasteiger partial charge in [-0.1, -0.05) is 12.2 Å². The van der Waals surface area contributed by atoms with E-state index in [9.17, 15) is 5.11 Å². The summed E-state index contributed by atoms with van der Waals surface area (Å²) in [4.78, 5) is 0. The maximum absolute atomic E-state index is 9.48. The molecule has 1 heterocycles. The molecular formula is C7H12O2. The molecule has 1 aliphatic heterocycles. The fourth-order valence-electron chi connectivity index (χ4n) is 1.01. The Kier molecular flexibility index (Phi) is 1.88. The van der Waals surface area contributed by atoms with E-state index in [4.69, 9.17) is 4.74 Å². The monoisotopic (exact) mass is 128 g/mol. The lowest BCUT2D eigenvalue weighted by atomic mass is 10.0. The molecule has 0 bridgehead atoms. The summed E-state index contributed by atoms with van der Waals surface area (Å²) in [5.74, 6) is 0. The van der Waals surface area contributed by atoms with Crippen LogP contribution in [0.3, 0.4) is 0 Å². The summed E-state index contributed by atoms with van der Waals surface area (Å²) in [6.45, 7) is 3.04. The minimum Gasteiger partial charge on any atom is -0.383 e. The van der Waals surface area contributed by atoms with E-state index in [-0.39, 0.29) is 0 Å². The zero-order valence-electron chi connectivity index (χ0n) is 5.63. The molecule has 0 spiro atoms. The van der Waals surface area contributed by atoms with Gasteiger partial charge in [0.05, 0.1) is 6.61 Å². The lowest BCUT2D eigenvalue weighted by molar-refractivity contribution is 0.0683.